The van der Waals surface area contributed by atoms with Gasteiger partial charge >= 0.3 is 0 Å². The van der Waals surface area contributed by atoms with Crippen LogP contribution >= 0.6 is 15.9 Å². The summed E-state index contributed by atoms with van der Waals surface area (Å²) in [7, 11) is 0. The lowest BCUT2D eigenvalue weighted by Crippen LogP contribution is -1.99. The van der Waals surface area contributed by atoms with Crippen molar-refractivity contribution in [2.24, 2.45) is 0 Å². The van der Waals surface area contributed by atoms with Crippen LogP contribution in [0, 0.1) is 13.8 Å². The van der Waals surface area contributed by atoms with Gasteiger partial charge in [0.2, 0.25) is 0 Å². The molecule has 1 heterocycles. The number of benzene rings is 2. The third-order valence-corrected chi connectivity index (χ3v) is 3.73. The zero-order chi connectivity index (χ0) is 13.6. The third-order valence-electron chi connectivity index (χ3n) is 3.27. The Morgan fingerprint density at radius 3 is 2.47 bits per heavy atom. The van der Waals surface area contributed by atoms with Crippen LogP contribution in [0.4, 0.5) is 5.69 Å². The van der Waals surface area contributed by atoms with E-state index < -0.39 is 0 Å². The number of anilines is 1. The fraction of sp³-hybridized carbons (Fsp3) is 0.133. The fourth-order valence-corrected chi connectivity index (χ4v) is 3.18. The van der Waals surface area contributed by atoms with Gasteiger partial charge in [0.05, 0.1) is 16.7 Å². The Labute approximate surface area is 120 Å². The second-order valence-corrected chi connectivity index (χ2v) is 5.67. The molecule has 3 nitrogen and oxygen atoms in total. The van der Waals surface area contributed by atoms with Gasteiger partial charge in [-0.15, -0.1) is 0 Å². The molecule has 0 aliphatic heterocycles. The van der Waals surface area contributed by atoms with Gasteiger partial charge in [0.25, 0.3) is 0 Å². The van der Waals surface area contributed by atoms with E-state index in [9.17, 15) is 0 Å². The summed E-state index contributed by atoms with van der Waals surface area (Å²) in [6.45, 7) is 4.21. The van der Waals surface area contributed by atoms with Gasteiger partial charge in [-0.3, -0.25) is 4.57 Å². The monoisotopic (exact) mass is 315 g/mol. The minimum Gasteiger partial charge on any atom is -0.399 e. The van der Waals surface area contributed by atoms with Gasteiger partial charge in [0.1, 0.15) is 6.33 Å². The standard InChI is InChI=1S/C15H14BrN3/c1-9-5-11(16)6-10(2)15(9)19-8-18-13-7-12(17)3-4-14(13)19/h3-8H,17H2,1-2H3. The number of imidazole rings is 1. The predicted octanol–water partition coefficient (Wildman–Crippen LogP) is 3.99. The number of fused-ring (bicyclic) bond motifs is 1. The maximum absolute atomic E-state index is 5.80. The van der Waals surface area contributed by atoms with Crippen LogP contribution in [0.25, 0.3) is 16.7 Å². The summed E-state index contributed by atoms with van der Waals surface area (Å²) in [6, 6.07) is 10.1. The molecule has 0 radical (unpaired) electrons. The van der Waals surface area contributed by atoms with E-state index in [1.807, 2.05) is 24.5 Å². The van der Waals surface area contributed by atoms with E-state index in [4.69, 9.17) is 5.73 Å². The molecule has 2 aromatic carbocycles. The number of halogens is 1. The number of rotatable bonds is 1. The van der Waals surface area contributed by atoms with Crippen molar-refractivity contribution in [3.63, 3.8) is 0 Å². The zero-order valence-electron chi connectivity index (χ0n) is 10.8. The highest BCUT2D eigenvalue weighted by Crippen LogP contribution is 2.27. The van der Waals surface area contributed by atoms with E-state index >= 15 is 0 Å². The first-order valence-electron chi connectivity index (χ1n) is 6.06. The smallest absolute Gasteiger partial charge is 0.100 e. The van der Waals surface area contributed by atoms with Crippen molar-refractivity contribution in [3.8, 4) is 5.69 Å². The molecule has 0 fully saturated rings. The first-order valence-corrected chi connectivity index (χ1v) is 6.85. The molecule has 0 saturated carbocycles. The van der Waals surface area contributed by atoms with E-state index in [1.54, 1.807) is 0 Å². The SMILES string of the molecule is Cc1cc(Br)cc(C)c1-n1cnc2cc(N)ccc21. The van der Waals surface area contributed by atoms with Crippen LogP contribution in [0.2, 0.25) is 0 Å². The maximum Gasteiger partial charge on any atom is 0.100 e. The van der Waals surface area contributed by atoms with Crippen molar-refractivity contribution in [1.29, 1.82) is 0 Å². The normalized spacial score (nSPS) is 11.1. The van der Waals surface area contributed by atoms with Gasteiger partial charge < -0.3 is 5.73 Å². The quantitative estimate of drug-likeness (QED) is 0.690. The van der Waals surface area contributed by atoms with Crippen LogP contribution in [-0.2, 0) is 0 Å². The van der Waals surface area contributed by atoms with Gasteiger partial charge in [-0.25, -0.2) is 4.98 Å². The summed E-state index contributed by atoms with van der Waals surface area (Å²) >= 11 is 3.53. The molecule has 0 atom stereocenters. The van der Waals surface area contributed by atoms with Gasteiger partial charge in [-0.1, -0.05) is 15.9 Å². The summed E-state index contributed by atoms with van der Waals surface area (Å²) < 4.78 is 3.21. The van der Waals surface area contributed by atoms with Crippen LogP contribution < -0.4 is 5.73 Å². The van der Waals surface area contributed by atoms with Crippen LogP contribution in [0.5, 0.6) is 0 Å². The second kappa shape index (κ2) is 4.38. The number of aryl methyl sites for hydroxylation is 2. The second-order valence-electron chi connectivity index (χ2n) is 4.75. The molecule has 0 bridgehead atoms. The van der Waals surface area contributed by atoms with Gasteiger partial charge in [0, 0.05) is 10.2 Å². The summed E-state index contributed by atoms with van der Waals surface area (Å²) in [5, 5.41) is 0. The van der Waals surface area contributed by atoms with Crippen molar-refractivity contribution >= 4 is 32.7 Å². The zero-order valence-corrected chi connectivity index (χ0v) is 12.4. The summed E-state index contributed by atoms with van der Waals surface area (Å²) in [6.07, 6.45) is 1.85. The Balaban J connectivity index is 2.31. The number of nitrogens with zero attached hydrogens (tertiary/aromatic N) is 2. The highest BCUT2D eigenvalue weighted by molar-refractivity contribution is 9.10. The topological polar surface area (TPSA) is 43.8 Å². The van der Waals surface area contributed by atoms with Crippen LogP contribution in [0.1, 0.15) is 11.1 Å². The summed E-state index contributed by atoms with van der Waals surface area (Å²) in [5.74, 6) is 0. The molecule has 0 spiro atoms. The lowest BCUT2D eigenvalue weighted by atomic mass is 10.1. The van der Waals surface area contributed by atoms with E-state index in [2.05, 4.69) is 51.5 Å². The number of aromatic nitrogens is 2. The Morgan fingerprint density at radius 1 is 1.11 bits per heavy atom. The van der Waals surface area contributed by atoms with Crippen molar-refractivity contribution in [2.75, 3.05) is 5.73 Å². The summed E-state index contributed by atoms with van der Waals surface area (Å²) in [4.78, 5) is 4.43. The van der Waals surface area contributed by atoms with Gasteiger partial charge in [0.15, 0.2) is 0 Å². The Morgan fingerprint density at radius 2 is 1.79 bits per heavy atom. The molecule has 96 valence electrons. The van der Waals surface area contributed by atoms with Crippen LogP contribution in [0.15, 0.2) is 41.1 Å². The van der Waals surface area contributed by atoms with Crippen molar-refractivity contribution in [3.05, 3.63) is 52.3 Å². The van der Waals surface area contributed by atoms with E-state index in [-0.39, 0.29) is 0 Å². The molecule has 0 aliphatic carbocycles. The molecule has 2 N–H and O–H groups in total. The van der Waals surface area contributed by atoms with Crippen LogP contribution in [0.3, 0.4) is 0 Å². The number of nitrogen functional groups attached to an aromatic ring is 1. The van der Waals surface area contributed by atoms with Crippen LogP contribution in [-0.4, -0.2) is 9.55 Å². The molecule has 3 rings (SSSR count). The highest BCUT2D eigenvalue weighted by atomic mass is 79.9. The maximum atomic E-state index is 5.80. The van der Waals surface area contributed by atoms with Gasteiger partial charge in [-0.05, 0) is 55.3 Å². The number of hydrogen-bond donors (Lipinski definition) is 1. The molecule has 3 aromatic rings. The molecule has 0 unspecified atom stereocenters. The van der Waals surface area contributed by atoms with Gasteiger partial charge in [-0.2, -0.15) is 0 Å². The Hall–Kier alpha value is -1.81. The lowest BCUT2D eigenvalue weighted by molar-refractivity contribution is 1.05. The number of hydrogen-bond acceptors (Lipinski definition) is 2. The first kappa shape index (κ1) is 12.2. The Bertz CT molecular complexity index is 751. The molecule has 1 aromatic heterocycles. The molecule has 0 aliphatic rings. The molecule has 4 heteroatoms. The first-order chi connectivity index (χ1) is 9.06. The minimum atomic E-state index is 0.738. The van der Waals surface area contributed by atoms with Crippen molar-refractivity contribution < 1.29 is 0 Å². The van der Waals surface area contributed by atoms with Crippen molar-refractivity contribution in [1.82, 2.24) is 9.55 Å². The largest absolute Gasteiger partial charge is 0.399 e. The molecule has 0 saturated heterocycles. The number of nitrogens with two attached hydrogens (primary N) is 1. The van der Waals surface area contributed by atoms with Crippen molar-refractivity contribution in [2.45, 2.75) is 13.8 Å². The molecular weight excluding hydrogens is 302 g/mol. The molecule has 0 amide bonds. The Kier molecular flexibility index (Phi) is 2.82. The molecular formula is C15H14BrN3. The minimum absolute atomic E-state index is 0.738. The predicted molar refractivity (Wildman–Crippen MR) is 82.7 cm³/mol. The average Bonchev–Trinajstić information content (AvgIpc) is 2.71. The fourth-order valence-electron chi connectivity index (χ4n) is 2.49. The summed E-state index contributed by atoms with van der Waals surface area (Å²) in [5.41, 5.74) is 12.1. The van der Waals surface area contributed by atoms with E-state index in [0.29, 0.717) is 0 Å². The van der Waals surface area contributed by atoms with E-state index in [1.165, 1.54) is 16.8 Å². The highest BCUT2D eigenvalue weighted by Gasteiger charge is 2.10. The third kappa shape index (κ3) is 2.02. The lowest BCUT2D eigenvalue weighted by Gasteiger charge is -2.12. The average molecular weight is 316 g/mol. The molecule has 19 heavy (non-hydrogen) atoms. The van der Waals surface area contributed by atoms with E-state index in [0.717, 1.165) is 21.2 Å².